The molecule has 0 radical (unpaired) electrons. The molecule has 0 aliphatic carbocycles. The third-order valence-corrected chi connectivity index (χ3v) is 5.03. The molecule has 2 amide bonds. The molecule has 4 heterocycles. The van der Waals surface area contributed by atoms with E-state index in [0.29, 0.717) is 18.8 Å². The fraction of sp³-hybridized carbons (Fsp3) is 0.190. The van der Waals surface area contributed by atoms with Crippen molar-refractivity contribution in [2.75, 3.05) is 18.4 Å². The number of anilines is 1. The second kappa shape index (κ2) is 6.84. The molecule has 7 heteroatoms. The SMILES string of the molecule is O=C(Nc1ccccc1)N1CC[C@H](n2c(-c3ccco3)nc3cccnc32)C1. The van der Waals surface area contributed by atoms with Gasteiger partial charge in [0.25, 0.3) is 0 Å². The number of urea groups is 1. The molecule has 4 aromatic rings. The number of nitrogens with one attached hydrogen (secondary N) is 1. The van der Waals surface area contributed by atoms with E-state index in [0.717, 1.165) is 29.1 Å². The summed E-state index contributed by atoms with van der Waals surface area (Å²) in [4.78, 5) is 23.8. The van der Waals surface area contributed by atoms with Gasteiger partial charge < -0.3 is 19.2 Å². The molecular formula is C21H19N5O2. The average Bonchev–Trinajstić information content (AvgIpc) is 3.46. The number of benzene rings is 1. The van der Waals surface area contributed by atoms with Crippen molar-refractivity contribution < 1.29 is 9.21 Å². The molecule has 1 aliphatic rings. The van der Waals surface area contributed by atoms with Crippen molar-refractivity contribution in [3.63, 3.8) is 0 Å². The third kappa shape index (κ3) is 2.90. The molecule has 0 spiro atoms. The summed E-state index contributed by atoms with van der Waals surface area (Å²) in [6.45, 7) is 1.27. The van der Waals surface area contributed by atoms with Crippen molar-refractivity contribution in [2.24, 2.45) is 0 Å². The highest BCUT2D eigenvalue weighted by atomic mass is 16.3. The number of pyridine rings is 1. The Hall–Kier alpha value is -3.61. The number of amides is 2. The standard InChI is InChI=1S/C21H19N5O2/c27-21(23-15-6-2-1-3-7-15)25-12-10-16(14-25)26-19-17(8-4-11-22-19)24-20(26)18-9-5-13-28-18/h1-9,11,13,16H,10,12,14H2,(H,23,27)/t16-/m0/s1. The number of likely N-dealkylation sites (tertiary alicyclic amines) is 1. The summed E-state index contributed by atoms with van der Waals surface area (Å²) in [5.41, 5.74) is 2.42. The van der Waals surface area contributed by atoms with Crippen LogP contribution >= 0.6 is 0 Å². The van der Waals surface area contributed by atoms with Gasteiger partial charge in [-0.05, 0) is 42.8 Å². The molecule has 1 aromatic carbocycles. The predicted molar refractivity (Wildman–Crippen MR) is 106 cm³/mol. The molecule has 1 aliphatic heterocycles. The molecule has 28 heavy (non-hydrogen) atoms. The van der Waals surface area contributed by atoms with Gasteiger partial charge in [0, 0.05) is 25.0 Å². The summed E-state index contributed by atoms with van der Waals surface area (Å²) >= 11 is 0. The van der Waals surface area contributed by atoms with E-state index in [-0.39, 0.29) is 12.1 Å². The fourth-order valence-electron chi connectivity index (χ4n) is 3.72. The first-order valence-electron chi connectivity index (χ1n) is 9.27. The Morgan fingerprint density at radius 1 is 1.11 bits per heavy atom. The van der Waals surface area contributed by atoms with Crippen LogP contribution in [0.4, 0.5) is 10.5 Å². The van der Waals surface area contributed by atoms with Crippen LogP contribution in [0.25, 0.3) is 22.7 Å². The quantitative estimate of drug-likeness (QED) is 0.585. The van der Waals surface area contributed by atoms with Gasteiger partial charge in [-0.25, -0.2) is 14.8 Å². The average molecular weight is 373 g/mol. The van der Waals surface area contributed by atoms with Crippen molar-refractivity contribution in [3.8, 4) is 11.6 Å². The van der Waals surface area contributed by atoms with E-state index in [2.05, 4.69) is 14.9 Å². The van der Waals surface area contributed by atoms with Gasteiger partial charge in [0.05, 0.1) is 12.3 Å². The number of aromatic nitrogens is 3. The Bertz CT molecular complexity index is 1100. The van der Waals surface area contributed by atoms with Crippen LogP contribution in [-0.2, 0) is 0 Å². The van der Waals surface area contributed by atoms with Crippen LogP contribution in [0.2, 0.25) is 0 Å². The lowest BCUT2D eigenvalue weighted by atomic mass is 10.2. The van der Waals surface area contributed by atoms with Crippen molar-refractivity contribution in [2.45, 2.75) is 12.5 Å². The van der Waals surface area contributed by atoms with E-state index < -0.39 is 0 Å². The van der Waals surface area contributed by atoms with Gasteiger partial charge in [0.2, 0.25) is 0 Å². The van der Waals surface area contributed by atoms with Gasteiger partial charge in [0.1, 0.15) is 5.52 Å². The summed E-state index contributed by atoms with van der Waals surface area (Å²) in [7, 11) is 0. The summed E-state index contributed by atoms with van der Waals surface area (Å²) in [5, 5.41) is 2.96. The maximum Gasteiger partial charge on any atom is 0.321 e. The minimum atomic E-state index is -0.0920. The summed E-state index contributed by atoms with van der Waals surface area (Å²) in [6, 6.07) is 17.1. The van der Waals surface area contributed by atoms with Crippen LogP contribution in [0.1, 0.15) is 12.5 Å². The molecule has 3 aromatic heterocycles. The zero-order valence-corrected chi connectivity index (χ0v) is 15.2. The van der Waals surface area contributed by atoms with E-state index in [1.807, 2.05) is 59.5 Å². The smallest absolute Gasteiger partial charge is 0.321 e. The van der Waals surface area contributed by atoms with Crippen LogP contribution in [0.15, 0.2) is 71.5 Å². The summed E-state index contributed by atoms with van der Waals surface area (Å²) in [6.07, 6.45) is 4.24. The van der Waals surface area contributed by atoms with E-state index in [4.69, 9.17) is 9.40 Å². The van der Waals surface area contributed by atoms with E-state index in [1.165, 1.54) is 0 Å². The molecule has 7 nitrogen and oxygen atoms in total. The lowest BCUT2D eigenvalue weighted by Crippen LogP contribution is -2.33. The van der Waals surface area contributed by atoms with Crippen LogP contribution in [0.5, 0.6) is 0 Å². The number of hydrogen-bond acceptors (Lipinski definition) is 4. The van der Waals surface area contributed by atoms with Crippen molar-refractivity contribution in [1.82, 2.24) is 19.4 Å². The van der Waals surface area contributed by atoms with E-state index in [9.17, 15) is 4.79 Å². The highest BCUT2D eigenvalue weighted by molar-refractivity contribution is 5.89. The normalized spacial score (nSPS) is 16.6. The lowest BCUT2D eigenvalue weighted by Gasteiger charge is -2.19. The molecular weight excluding hydrogens is 354 g/mol. The van der Waals surface area contributed by atoms with Crippen LogP contribution in [-0.4, -0.2) is 38.6 Å². The second-order valence-electron chi connectivity index (χ2n) is 6.81. The summed E-state index contributed by atoms with van der Waals surface area (Å²) in [5.74, 6) is 1.44. The molecule has 1 fully saturated rings. The molecule has 140 valence electrons. The van der Waals surface area contributed by atoms with Gasteiger partial charge >= 0.3 is 6.03 Å². The zero-order chi connectivity index (χ0) is 18.9. The molecule has 0 saturated carbocycles. The molecule has 5 rings (SSSR count). The molecule has 1 saturated heterocycles. The Labute approximate surface area is 161 Å². The van der Waals surface area contributed by atoms with Gasteiger partial charge in [-0.3, -0.25) is 0 Å². The van der Waals surface area contributed by atoms with Crippen molar-refractivity contribution >= 4 is 22.9 Å². The first kappa shape index (κ1) is 16.6. The fourth-order valence-corrected chi connectivity index (χ4v) is 3.72. The van der Waals surface area contributed by atoms with Crippen LogP contribution in [0.3, 0.4) is 0 Å². The van der Waals surface area contributed by atoms with E-state index >= 15 is 0 Å². The van der Waals surface area contributed by atoms with Gasteiger partial charge in [-0.1, -0.05) is 18.2 Å². The Balaban J connectivity index is 1.44. The minimum absolute atomic E-state index is 0.0847. The largest absolute Gasteiger partial charge is 0.461 e. The zero-order valence-electron chi connectivity index (χ0n) is 15.2. The molecule has 1 atom stereocenters. The van der Waals surface area contributed by atoms with Gasteiger partial charge in [-0.2, -0.15) is 0 Å². The topological polar surface area (TPSA) is 76.2 Å². The van der Waals surface area contributed by atoms with Crippen molar-refractivity contribution in [3.05, 3.63) is 67.1 Å². The number of rotatable bonds is 3. The number of hydrogen-bond donors (Lipinski definition) is 1. The number of fused-ring (bicyclic) bond motifs is 1. The highest BCUT2D eigenvalue weighted by Crippen LogP contribution is 2.32. The number of imidazole rings is 1. The number of carbonyl (C=O) groups excluding carboxylic acids is 1. The lowest BCUT2D eigenvalue weighted by molar-refractivity contribution is 0.221. The number of para-hydroxylation sites is 1. The monoisotopic (exact) mass is 373 g/mol. The number of carbonyl (C=O) groups is 1. The first-order chi connectivity index (χ1) is 13.8. The Morgan fingerprint density at radius 2 is 2.00 bits per heavy atom. The van der Waals surface area contributed by atoms with Gasteiger partial charge in [0.15, 0.2) is 17.2 Å². The maximum atomic E-state index is 12.7. The van der Waals surface area contributed by atoms with E-state index in [1.54, 1.807) is 12.5 Å². The van der Waals surface area contributed by atoms with Crippen LogP contribution < -0.4 is 5.32 Å². The Morgan fingerprint density at radius 3 is 2.82 bits per heavy atom. The molecule has 0 unspecified atom stereocenters. The van der Waals surface area contributed by atoms with Crippen LogP contribution in [0, 0.1) is 0 Å². The Kier molecular flexibility index (Phi) is 4.05. The first-order valence-corrected chi connectivity index (χ1v) is 9.27. The minimum Gasteiger partial charge on any atom is -0.461 e. The van der Waals surface area contributed by atoms with Gasteiger partial charge in [-0.15, -0.1) is 0 Å². The maximum absolute atomic E-state index is 12.7. The second-order valence-corrected chi connectivity index (χ2v) is 6.81. The number of furan rings is 1. The summed E-state index contributed by atoms with van der Waals surface area (Å²) < 4.78 is 7.70. The predicted octanol–water partition coefficient (Wildman–Crippen LogP) is 4.17. The molecule has 1 N–H and O–H groups in total. The molecule has 0 bridgehead atoms. The number of nitrogens with zero attached hydrogens (tertiary/aromatic N) is 4. The van der Waals surface area contributed by atoms with Crippen molar-refractivity contribution in [1.29, 1.82) is 0 Å². The highest BCUT2D eigenvalue weighted by Gasteiger charge is 2.31. The third-order valence-electron chi connectivity index (χ3n) is 5.03.